The molecule has 0 fully saturated rings. The molecule has 25 heavy (non-hydrogen) atoms. The molecular formula is C21H27NO3. The molecule has 0 aromatic heterocycles. The standard InChI is InChI=1S/C21H27NO3/c1-2-3-4-5-6-10-15-25-18-13-14-19(20(23)16-18)21(22-24)17-11-8-7-9-12-17/h7-9,11-14,16,23-24H,2-6,10,15H2,1H3/b22-21+. The molecule has 2 aromatic carbocycles. The Balaban J connectivity index is 1.92. The highest BCUT2D eigenvalue weighted by molar-refractivity contribution is 6.14. The van der Waals surface area contributed by atoms with Crippen molar-refractivity contribution in [3.63, 3.8) is 0 Å². The third-order valence-corrected chi connectivity index (χ3v) is 4.14. The minimum atomic E-state index is 0.0390. The van der Waals surface area contributed by atoms with Gasteiger partial charge >= 0.3 is 0 Å². The number of benzene rings is 2. The number of hydrogen-bond donors (Lipinski definition) is 2. The molecule has 2 N–H and O–H groups in total. The largest absolute Gasteiger partial charge is 0.507 e. The molecule has 0 aliphatic rings. The molecule has 0 atom stereocenters. The Hall–Kier alpha value is -2.49. The highest BCUT2D eigenvalue weighted by atomic mass is 16.5. The van der Waals surface area contributed by atoms with E-state index >= 15 is 0 Å². The minimum absolute atomic E-state index is 0.0390. The van der Waals surface area contributed by atoms with Crippen LogP contribution in [0.25, 0.3) is 0 Å². The zero-order valence-corrected chi connectivity index (χ0v) is 14.8. The zero-order valence-electron chi connectivity index (χ0n) is 14.8. The van der Waals surface area contributed by atoms with Crippen molar-refractivity contribution in [2.45, 2.75) is 45.4 Å². The van der Waals surface area contributed by atoms with Gasteiger partial charge in [0.1, 0.15) is 17.2 Å². The minimum Gasteiger partial charge on any atom is -0.507 e. The lowest BCUT2D eigenvalue weighted by Gasteiger charge is -2.10. The number of oxime groups is 1. The van der Waals surface area contributed by atoms with Crippen LogP contribution in [0.1, 0.15) is 56.6 Å². The second kappa shape index (κ2) is 10.4. The average molecular weight is 341 g/mol. The third-order valence-electron chi connectivity index (χ3n) is 4.14. The van der Waals surface area contributed by atoms with Crippen molar-refractivity contribution in [3.05, 3.63) is 59.7 Å². The molecule has 0 radical (unpaired) electrons. The summed E-state index contributed by atoms with van der Waals surface area (Å²) in [6.07, 6.45) is 7.26. The first-order chi connectivity index (χ1) is 12.3. The van der Waals surface area contributed by atoms with Gasteiger partial charge in [0.25, 0.3) is 0 Å². The second-order valence-corrected chi connectivity index (χ2v) is 6.11. The number of rotatable bonds is 10. The Labute approximate surface area is 149 Å². The van der Waals surface area contributed by atoms with E-state index in [1.54, 1.807) is 18.2 Å². The predicted octanol–water partition coefficient (Wildman–Crippen LogP) is 5.36. The molecule has 4 nitrogen and oxygen atoms in total. The fourth-order valence-corrected chi connectivity index (χ4v) is 2.74. The molecular weight excluding hydrogens is 314 g/mol. The lowest BCUT2D eigenvalue weighted by Crippen LogP contribution is -2.04. The smallest absolute Gasteiger partial charge is 0.128 e. The Bertz CT molecular complexity index is 668. The summed E-state index contributed by atoms with van der Waals surface area (Å²) in [6.45, 7) is 2.86. The van der Waals surface area contributed by atoms with Gasteiger partial charge in [-0.15, -0.1) is 0 Å². The van der Waals surface area contributed by atoms with Gasteiger partial charge in [-0.25, -0.2) is 0 Å². The fourth-order valence-electron chi connectivity index (χ4n) is 2.74. The second-order valence-electron chi connectivity index (χ2n) is 6.11. The van der Waals surface area contributed by atoms with Crippen molar-refractivity contribution in [2.24, 2.45) is 5.16 Å². The molecule has 134 valence electrons. The molecule has 0 saturated carbocycles. The van der Waals surface area contributed by atoms with Gasteiger partial charge in [0.15, 0.2) is 0 Å². The van der Waals surface area contributed by atoms with Crippen LogP contribution in [0.15, 0.2) is 53.7 Å². The molecule has 0 saturated heterocycles. The molecule has 0 unspecified atom stereocenters. The molecule has 2 aromatic rings. The van der Waals surface area contributed by atoms with Crippen LogP contribution in [0, 0.1) is 0 Å². The van der Waals surface area contributed by atoms with Crippen LogP contribution < -0.4 is 4.74 Å². The monoisotopic (exact) mass is 341 g/mol. The summed E-state index contributed by atoms with van der Waals surface area (Å²) < 4.78 is 5.71. The molecule has 4 heteroatoms. The molecule has 0 spiro atoms. The van der Waals surface area contributed by atoms with Crippen molar-refractivity contribution < 1.29 is 15.1 Å². The maximum absolute atomic E-state index is 10.3. The van der Waals surface area contributed by atoms with Crippen molar-refractivity contribution in [2.75, 3.05) is 6.61 Å². The van der Waals surface area contributed by atoms with Crippen molar-refractivity contribution >= 4 is 5.71 Å². The van der Waals surface area contributed by atoms with E-state index in [9.17, 15) is 10.3 Å². The van der Waals surface area contributed by atoms with E-state index in [-0.39, 0.29) is 5.75 Å². The molecule has 0 heterocycles. The molecule has 0 bridgehead atoms. The maximum atomic E-state index is 10.3. The fraction of sp³-hybridized carbons (Fsp3) is 0.381. The number of nitrogens with zero attached hydrogens (tertiary/aromatic N) is 1. The van der Waals surface area contributed by atoms with E-state index in [4.69, 9.17) is 4.74 Å². The molecule has 0 amide bonds. The number of phenolic OH excluding ortho intramolecular Hbond substituents is 1. The molecule has 2 rings (SSSR count). The van der Waals surface area contributed by atoms with Gasteiger partial charge in [0.2, 0.25) is 0 Å². The van der Waals surface area contributed by atoms with E-state index in [1.807, 2.05) is 30.3 Å². The summed E-state index contributed by atoms with van der Waals surface area (Å²) in [5, 5.41) is 23.0. The number of aromatic hydroxyl groups is 1. The van der Waals surface area contributed by atoms with Gasteiger partial charge < -0.3 is 15.1 Å². The summed E-state index contributed by atoms with van der Waals surface area (Å²) in [4.78, 5) is 0. The normalized spacial score (nSPS) is 11.5. The van der Waals surface area contributed by atoms with Crippen LogP contribution in [-0.2, 0) is 0 Å². The van der Waals surface area contributed by atoms with Gasteiger partial charge in [0, 0.05) is 17.2 Å². The quantitative estimate of drug-likeness (QED) is 0.265. The van der Waals surface area contributed by atoms with E-state index in [0.29, 0.717) is 23.6 Å². The summed E-state index contributed by atoms with van der Waals surface area (Å²) >= 11 is 0. The average Bonchev–Trinajstić information content (AvgIpc) is 2.64. The molecule has 0 aliphatic heterocycles. The van der Waals surface area contributed by atoms with E-state index < -0.39 is 0 Å². The van der Waals surface area contributed by atoms with E-state index in [1.165, 1.54) is 32.1 Å². The zero-order chi connectivity index (χ0) is 17.9. The first kappa shape index (κ1) is 18.8. The SMILES string of the molecule is CCCCCCCCOc1ccc(/C(=N/O)c2ccccc2)c(O)c1. The van der Waals surface area contributed by atoms with Crippen molar-refractivity contribution in [1.29, 1.82) is 0 Å². The van der Waals surface area contributed by atoms with Gasteiger partial charge in [-0.2, -0.15) is 0 Å². The van der Waals surface area contributed by atoms with Gasteiger partial charge in [-0.05, 0) is 18.6 Å². The Morgan fingerprint density at radius 3 is 2.36 bits per heavy atom. The Kier molecular flexibility index (Phi) is 7.83. The van der Waals surface area contributed by atoms with Gasteiger partial charge in [0.05, 0.1) is 6.61 Å². The van der Waals surface area contributed by atoms with E-state index in [0.717, 1.165) is 12.0 Å². The summed E-state index contributed by atoms with van der Waals surface area (Å²) in [6, 6.07) is 14.3. The highest BCUT2D eigenvalue weighted by Crippen LogP contribution is 2.26. The number of unbranched alkanes of at least 4 members (excludes halogenated alkanes) is 5. The van der Waals surface area contributed by atoms with Crippen molar-refractivity contribution in [1.82, 2.24) is 0 Å². The van der Waals surface area contributed by atoms with Crippen LogP contribution in [0.4, 0.5) is 0 Å². The van der Waals surface area contributed by atoms with Crippen LogP contribution in [0.5, 0.6) is 11.5 Å². The first-order valence-corrected chi connectivity index (χ1v) is 9.00. The van der Waals surface area contributed by atoms with Gasteiger partial charge in [-0.3, -0.25) is 0 Å². The van der Waals surface area contributed by atoms with Crippen LogP contribution >= 0.6 is 0 Å². The van der Waals surface area contributed by atoms with E-state index in [2.05, 4.69) is 12.1 Å². The lowest BCUT2D eigenvalue weighted by atomic mass is 10.0. The topological polar surface area (TPSA) is 62.0 Å². The molecule has 0 aliphatic carbocycles. The Morgan fingerprint density at radius 1 is 0.960 bits per heavy atom. The highest BCUT2D eigenvalue weighted by Gasteiger charge is 2.13. The number of hydrogen-bond acceptors (Lipinski definition) is 4. The maximum Gasteiger partial charge on any atom is 0.128 e. The summed E-state index contributed by atoms with van der Waals surface area (Å²) in [7, 11) is 0. The Morgan fingerprint density at radius 2 is 1.68 bits per heavy atom. The lowest BCUT2D eigenvalue weighted by molar-refractivity contribution is 0.302. The van der Waals surface area contributed by atoms with Gasteiger partial charge in [-0.1, -0.05) is 74.5 Å². The summed E-state index contributed by atoms with van der Waals surface area (Å²) in [5.41, 5.74) is 1.54. The third kappa shape index (κ3) is 5.82. The van der Waals surface area contributed by atoms with Crippen LogP contribution in [0.2, 0.25) is 0 Å². The number of ether oxygens (including phenoxy) is 1. The van der Waals surface area contributed by atoms with Crippen LogP contribution in [0.3, 0.4) is 0 Å². The first-order valence-electron chi connectivity index (χ1n) is 9.00. The number of phenols is 1. The summed E-state index contributed by atoms with van der Waals surface area (Å²) in [5.74, 6) is 0.664. The predicted molar refractivity (Wildman–Crippen MR) is 101 cm³/mol. The van der Waals surface area contributed by atoms with Crippen molar-refractivity contribution in [3.8, 4) is 11.5 Å². The van der Waals surface area contributed by atoms with Crippen LogP contribution in [-0.4, -0.2) is 22.6 Å².